The first kappa shape index (κ1) is 23.5. The molecular formula is C21H28N2O6S. The largest absolute Gasteiger partial charge is 0.497 e. The summed E-state index contributed by atoms with van der Waals surface area (Å²) in [6, 6.07) is 9.36. The monoisotopic (exact) mass is 436 g/mol. The zero-order valence-corrected chi connectivity index (χ0v) is 18.7. The summed E-state index contributed by atoms with van der Waals surface area (Å²) in [5, 5.41) is 2.78. The highest BCUT2D eigenvalue weighted by molar-refractivity contribution is 7.89. The first-order valence-corrected chi connectivity index (χ1v) is 10.9. The molecule has 0 radical (unpaired) electrons. The van der Waals surface area contributed by atoms with Gasteiger partial charge in [-0.1, -0.05) is 13.3 Å². The Morgan fingerprint density at radius 2 is 1.73 bits per heavy atom. The molecule has 2 aromatic carbocycles. The van der Waals surface area contributed by atoms with Crippen molar-refractivity contribution in [3.8, 4) is 17.2 Å². The van der Waals surface area contributed by atoms with Gasteiger partial charge in [0, 0.05) is 25.7 Å². The van der Waals surface area contributed by atoms with Crippen molar-refractivity contribution in [1.82, 2.24) is 4.31 Å². The fraction of sp³-hybridized carbons (Fsp3) is 0.381. The number of unbranched alkanes of at least 4 members (excludes halogenated alkanes) is 1. The van der Waals surface area contributed by atoms with Crippen LogP contribution in [-0.4, -0.2) is 53.6 Å². The average Bonchev–Trinajstić information content (AvgIpc) is 2.74. The van der Waals surface area contributed by atoms with E-state index >= 15 is 0 Å². The van der Waals surface area contributed by atoms with Crippen molar-refractivity contribution >= 4 is 21.6 Å². The Morgan fingerprint density at radius 1 is 1.03 bits per heavy atom. The molecule has 1 amide bonds. The van der Waals surface area contributed by atoms with E-state index in [4.69, 9.17) is 14.2 Å². The van der Waals surface area contributed by atoms with E-state index in [1.165, 1.54) is 46.5 Å². The van der Waals surface area contributed by atoms with Crippen LogP contribution in [-0.2, 0) is 10.0 Å². The van der Waals surface area contributed by atoms with Gasteiger partial charge >= 0.3 is 0 Å². The number of carbonyl (C=O) groups is 1. The lowest BCUT2D eigenvalue weighted by atomic mass is 10.2. The van der Waals surface area contributed by atoms with E-state index in [-0.39, 0.29) is 16.2 Å². The molecule has 2 aromatic rings. The molecule has 0 fully saturated rings. The van der Waals surface area contributed by atoms with E-state index < -0.39 is 15.9 Å². The van der Waals surface area contributed by atoms with Crippen LogP contribution in [0.15, 0.2) is 41.3 Å². The van der Waals surface area contributed by atoms with Crippen LogP contribution in [0.1, 0.15) is 30.1 Å². The normalized spacial score (nSPS) is 11.3. The minimum Gasteiger partial charge on any atom is -0.497 e. The molecule has 9 heteroatoms. The molecular weight excluding hydrogens is 408 g/mol. The van der Waals surface area contributed by atoms with Crippen molar-refractivity contribution in [2.24, 2.45) is 0 Å². The lowest BCUT2D eigenvalue weighted by Crippen LogP contribution is -2.23. The number of methoxy groups -OCH3 is 2. The van der Waals surface area contributed by atoms with Gasteiger partial charge in [0.2, 0.25) is 10.0 Å². The molecule has 0 aliphatic carbocycles. The van der Waals surface area contributed by atoms with Crippen LogP contribution in [0.4, 0.5) is 5.69 Å². The van der Waals surface area contributed by atoms with E-state index in [2.05, 4.69) is 12.2 Å². The molecule has 0 spiro atoms. The molecule has 0 heterocycles. The third-order valence-corrected chi connectivity index (χ3v) is 6.21. The predicted molar refractivity (Wildman–Crippen MR) is 115 cm³/mol. The maximum Gasteiger partial charge on any atom is 0.255 e. The van der Waals surface area contributed by atoms with Gasteiger partial charge in [0.05, 0.1) is 26.5 Å². The number of benzene rings is 2. The molecule has 164 valence electrons. The lowest BCUT2D eigenvalue weighted by Gasteiger charge is -2.16. The van der Waals surface area contributed by atoms with E-state index in [0.29, 0.717) is 23.8 Å². The number of amides is 1. The van der Waals surface area contributed by atoms with Gasteiger partial charge in [-0.25, -0.2) is 12.7 Å². The minimum atomic E-state index is -3.80. The van der Waals surface area contributed by atoms with E-state index in [1.54, 1.807) is 18.2 Å². The predicted octanol–water partition coefficient (Wildman–Crippen LogP) is 3.39. The van der Waals surface area contributed by atoms with E-state index in [1.807, 2.05) is 0 Å². The summed E-state index contributed by atoms with van der Waals surface area (Å²) in [5.74, 6) is 0.734. The Kier molecular flexibility index (Phi) is 8.08. The van der Waals surface area contributed by atoms with Crippen molar-refractivity contribution in [3.63, 3.8) is 0 Å². The number of anilines is 1. The van der Waals surface area contributed by atoms with Gasteiger partial charge in [0.25, 0.3) is 5.91 Å². The SMILES string of the molecule is CCCCOc1ccc(OC)cc1NC(=O)c1ccc(OC)c(S(=O)(=O)N(C)C)c1. The summed E-state index contributed by atoms with van der Waals surface area (Å²) in [6.45, 7) is 2.57. The van der Waals surface area contributed by atoms with Gasteiger partial charge in [-0.05, 0) is 36.8 Å². The highest BCUT2D eigenvalue weighted by atomic mass is 32.2. The second-order valence-corrected chi connectivity index (χ2v) is 8.79. The standard InChI is InChI=1S/C21H28N2O6S/c1-6-7-12-29-18-11-9-16(27-4)14-17(18)22-21(24)15-8-10-19(28-5)20(13-15)30(25,26)23(2)3/h8-11,13-14H,6-7,12H2,1-5H3,(H,22,24). The number of carbonyl (C=O) groups excluding carboxylic acids is 1. The van der Waals surface area contributed by atoms with Gasteiger partial charge in [0.15, 0.2) is 0 Å². The molecule has 30 heavy (non-hydrogen) atoms. The maximum absolute atomic E-state index is 12.9. The Morgan fingerprint density at radius 3 is 2.33 bits per heavy atom. The summed E-state index contributed by atoms with van der Waals surface area (Å²) in [7, 11) is 1.93. The maximum atomic E-state index is 12.9. The molecule has 1 N–H and O–H groups in total. The highest BCUT2D eigenvalue weighted by Gasteiger charge is 2.24. The minimum absolute atomic E-state index is 0.0901. The molecule has 0 saturated carbocycles. The van der Waals surface area contributed by atoms with Crippen LogP contribution in [0.25, 0.3) is 0 Å². The average molecular weight is 437 g/mol. The summed E-state index contributed by atoms with van der Waals surface area (Å²) >= 11 is 0. The number of hydrogen-bond donors (Lipinski definition) is 1. The molecule has 8 nitrogen and oxygen atoms in total. The van der Waals surface area contributed by atoms with Crippen molar-refractivity contribution in [2.45, 2.75) is 24.7 Å². The third-order valence-electron chi connectivity index (χ3n) is 4.37. The smallest absolute Gasteiger partial charge is 0.255 e. The zero-order chi connectivity index (χ0) is 22.3. The number of sulfonamides is 1. The Bertz CT molecular complexity index is 989. The summed E-state index contributed by atoms with van der Waals surface area (Å²) in [4.78, 5) is 12.8. The molecule has 2 rings (SSSR count). The first-order valence-electron chi connectivity index (χ1n) is 9.47. The fourth-order valence-corrected chi connectivity index (χ4v) is 3.67. The van der Waals surface area contributed by atoms with Crippen molar-refractivity contribution in [2.75, 3.05) is 40.2 Å². The van der Waals surface area contributed by atoms with Crippen molar-refractivity contribution < 1.29 is 27.4 Å². The highest BCUT2D eigenvalue weighted by Crippen LogP contribution is 2.31. The topological polar surface area (TPSA) is 94.2 Å². The zero-order valence-electron chi connectivity index (χ0n) is 17.9. The molecule has 0 aliphatic heterocycles. The number of hydrogen-bond acceptors (Lipinski definition) is 6. The Labute approximate surface area is 177 Å². The van der Waals surface area contributed by atoms with Crippen LogP contribution >= 0.6 is 0 Å². The van der Waals surface area contributed by atoms with Crippen molar-refractivity contribution in [3.05, 3.63) is 42.0 Å². The number of ether oxygens (including phenoxy) is 3. The number of rotatable bonds is 10. The molecule has 0 unspecified atom stereocenters. The van der Waals surface area contributed by atoms with E-state index in [0.717, 1.165) is 17.1 Å². The van der Waals surface area contributed by atoms with E-state index in [9.17, 15) is 13.2 Å². The second kappa shape index (κ2) is 10.3. The van der Waals surface area contributed by atoms with Gasteiger partial charge in [-0.15, -0.1) is 0 Å². The molecule has 0 aliphatic rings. The Hall–Kier alpha value is -2.78. The second-order valence-electron chi connectivity index (χ2n) is 6.67. The van der Waals surface area contributed by atoms with Crippen LogP contribution in [0.5, 0.6) is 17.2 Å². The summed E-state index contributed by atoms with van der Waals surface area (Å²) < 4.78 is 42.4. The molecule has 0 atom stereocenters. The van der Waals surface area contributed by atoms with Gasteiger partial charge < -0.3 is 19.5 Å². The van der Waals surface area contributed by atoms with Gasteiger partial charge in [0.1, 0.15) is 22.1 Å². The van der Waals surface area contributed by atoms with Crippen LogP contribution in [0.2, 0.25) is 0 Å². The molecule has 0 bridgehead atoms. The summed E-state index contributed by atoms with van der Waals surface area (Å²) in [6.07, 6.45) is 1.86. The van der Waals surface area contributed by atoms with Gasteiger partial charge in [-0.2, -0.15) is 0 Å². The number of nitrogens with zero attached hydrogens (tertiary/aromatic N) is 1. The quantitative estimate of drug-likeness (QED) is 0.574. The molecule has 0 saturated heterocycles. The van der Waals surface area contributed by atoms with Gasteiger partial charge in [-0.3, -0.25) is 4.79 Å². The first-order chi connectivity index (χ1) is 14.2. The summed E-state index contributed by atoms with van der Waals surface area (Å²) in [5.41, 5.74) is 0.599. The van der Waals surface area contributed by atoms with Crippen LogP contribution < -0.4 is 19.5 Å². The Balaban J connectivity index is 2.38. The number of nitrogens with one attached hydrogen (secondary N) is 1. The van der Waals surface area contributed by atoms with Crippen molar-refractivity contribution in [1.29, 1.82) is 0 Å². The third kappa shape index (κ3) is 5.43. The lowest BCUT2D eigenvalue weighted by molar-refractivity contribution is 0.102. The van der Waals surface area contributed by atoms with Crippen LogP contribution in [0, 0.1) is 0 Å². The molecule has 0 aromatic heterocycles. The van der Waals surface area contributed by atoms with Crippen LogP contribution in [0.3, 0.4) is 0 Å². The fourth-order valence-electron chi connectivity index (χ4n) is 2.60.